The molecule has 8 heteroatoms. The summed E-state index contributed by atoms with van der Waals surface area (Å²) in [6.45, 7) is 5.19. The van der Waals surface area contributed by atoms with E-state index in [4.69, 9.17) is 16.3 Å². The molecule has 25 heavy (non-hydrogen) atoms. The molecule has 0 bridgehead atoms. The molecule has 1 heterocycles. The predicted octanol–water partition coefficient (Wildman–Crippen LogP) is 2.81. The zero-order chi connectivity index (χ0) is 18.4. The Morgan fingerprint density at radius 1 is 1.28 bits per heavy atom. The summed E-state index contributed by atoms with van der Waals surface area (Å²) in [5, 5.41) is 0.219. The van der Waals surface area contributed by atoms with E-state index in [0.717, 1.165) is 25.7 Å². The number of nitrogens with zero attached hydrogens (tertiary/aromatic N) is 1. The molecular weight excluding hydrogens is 364 g/mol. The van der Waals surface area contributed by atoms with E-state index in [9.17, 15) is 13.2 Å². The number of hydrogen-bond acceptors (Lipinski definition) is 4. The van der Waals surface area contributed by atoms with Crippen molar-refractivity contribution in [2.75, 3.05) is 19.7 Å². The van der Waals surface area contributed by atoms with Crippen LogP contribution in [0.2, 0.25) is 5.02 Å². The first-order chi connectivity index (χ1) is 11.8. The molecule has 0 saturated carbocycles. The molecule has 1 atom stereocenters. The van der Waals surface area contributed by atoms with Crippen LogP contribution in [0, 0.1) is 0 Å². The van der Waals surface area contributed by atoms with E-state index in [1.165, 1.54) is 18.2 Å². The summed E-state index contributed by atoms with van der Waals surface area (Å²) in [5.74, 6) is 0.235. The molecule has 1 aromatic rings. The first-order valence-corrected chi connectivity index (χ1v) is 10.4. The standard InChI is InChI=1S/C17H25ClN2O4S/c1-3-24-16-9-8-14(12-15(16)18)25(22,23)19-13(2)17(21)20-10-6-4-5-7-11-20/h8-9,12-13,19H,3-7,10-11H2,1-2H3. The molecule has 2 rings (SSSR count). The highest BCUT2D eigenvalue weighted by molar-refractivity contribution is 7.89. The van der Waals surface area contributed by atoms with Crippen molar-refractivity contribution in [3.8, 4) is 5.75 Å². The third-order valence-electron chi connectivity index (χ3n) is 4.13. The summed E-state index contributed by atoms with van der Waals surface area (Å²) in [4.78, 5) is 14.3. The fourth-order valence-corrected chi connectivity index (χ4v) is 4.36. The van der Waals surface area contributed by atoms with Gasteiger partial charge in [-0.2, -0.15) is 4.72 Å². The third kappa shape index (κ3) is 5.33. The van der Waals surface area contributed by atoms with Crippen LogP contribution in [0.1, 0.15) is 39.5 Å². The van der Waals surface area contributed by atoms with Gasteiger partial charge in [0.15, 0.2) is 0 Å². The molecule has 1 aromatic carbocycles. The highest BCUT2D eigenvalue weighted by Crippen LogP contribution is 2.27. The molecule has 1 aliphatic rings. The van der Waals surface area contributed by atoms with Crippen LogP contribution in [0.3, 0.4) is 0 Å². The normalized spacial score (nSPS) is 17.0. The number of benzene rings is 1. The number of carbonyl (C=O) groups excluding carboxylic acids is 1. The number of carbonyl (C=O) groups is 1. The zero-order valence-corrected chi connectivity index (χ0v) is 16.2. The maximum Gasteiger partial charge on any atom is 0.241 e. The number of amides is 1. The maximum absolute atomic E-state index is 12.5. The summed E-state index contributed by atoms with van der Waals surface area (Å²) in [5.41, 5.74) is 0. The smallest absolute Gasteiger partial charge is 0.241 e. The minimum atomic E-state index is -3.84. The van der Waals surface area contributed by atoms with Gasteiger partial charge < -0.3 is 9.64 Å². The van der Waals surface area contributed by atoms with Gasteiger partial charge in [0.05, 0.1) is 22.6 Å². The lowest BCUT2D eigenvalue weighted by atomic mass is 10.2. The Hall–Kier alpha value is -1.31. The van der Waals surface area contributed by atoms with Crippen LogP contribution in [0.4, 0.5) is 0 Å². The van der Waals surface area contributed by atoms with Gasteiger partial charge in [-0.05, 0) is 44.9 Å². The SMILES string of the molecule is CCOc1ccc(S(=O)(=O)NC(C)C(=O)N2CCCCCC2)cc1Cl. The second-order valence-electron chi connectivity index (χ2n) is 6.11. The second kappa shape index (κ2) is 8.87. The van der Waals surface area contributed by atoms with Gasteiger partial charge in [0.2, 0.25) is 15.9 Å². The van der Waals surface area contributed by atoms with E-state index in [2.05, 4.69) is 4.72 Å². The van der Waals surface area contributed by atoms with Crippen molar-refractivity contribution in [1.82, 2.24) is 9.62 Å². The average Bonchev–Trinajstić information content (AvgIpc) is 2.85. The second-order valence-corrected chi connectivity index (χ2v) is 8.23. The van der Waals surface area contributed by atoms with E-state index >= 15 is 0 Å². The van der Waals surface area contributed by atoms with Gasteiger partial charge in [0, 0.05) is 13.1 Å². The van der Waals surface area contributed by atoms with Gasteiger partial charge in [-0.1, -0.05) is 24.4 Å². The first kappa shape index (κ1) is 20.0. The van der Waals surface area contributed by atoms with Crippen molar-refractivity contribution < 1.29 is 17.9 Å². The third-order valence-corrected chi connectivity index (χ3v) is 5.97. The minimum absolute atomic E-state index is 0.0106. The molecule has 0 aromatic heterocycles. The highest BCUT2D eigenvalue weighted by atomic mass is 35.5. The van der Waals surface area contributed by atoms with Gasteiger partial charge in [0.1, 0.15) is 5.75 Å². The van der Waals surface area contributed by atoms with Crippen LogP contribution in [-0.2, 0) is 14.8 Å². The Kier molecular flexibility index (Phi) is 7.10. The molecule has 140 valence electrons. The van der Waals surface area contributed by atoms with Gasteiger partial charge >= 0.3 is 0 Å². The van der Waals surface area contributed by atoms with Crippen LogP contribution < -0.4 is 9.46 Å². The Labute approximate surface area is 154 Å². The fourth-order valence-electron chi connectivity index (χ4n) is 2.84. The van der Waals surface area contributed by atoms with Crippen molar-refractivity contribution in [3.05, 3.63) is 23.2 Å². The van der Waals surface area contributed by atoms with Crippen LogP contribution in [0.25, 0.3) is 0 Å². The van der Waals surface area contributed by atoms with Crippen molar-refractivity contribution in [2.24, 2.45) is 0 Å². The molecule has 0 aliphatic carbocycles. The highest BCUT2D eigenvalue weighted by Gasteiger charge is 2.26. The van der Waals surface area contributed by atoms with Crippen molar-refractivity contribution in [3.63, 3.8) is 0 Å². The number of halogens is 1. The largest absolute Gasteiger partial charge is 0.492 e. The Morgan fingerprint density at radius 3 is 2.48 bits per heavy atom. The zero-order valence-electron chi connectivity index (χ0n) is 14.6. The maximum atomic E-state index is 12.5. The van der Waals surface area contributed by atoms with E-state index < -0.39 is 16.1 Å². The molecule has 0 radical (unpaired) electrons. The Balaban J connectivity index is 2.09. The lowest BCUT2D eigenvalue weighted by molar-refractivity contribution is -0.132. The van der Waals surface area contributed by atoms with Gasteiger partial charge in [-0.15, -0.1) is 0 Å². The molecule has 1 aliphatic heterocycles. The molecule has 1 N–H and O–H groups in total. The molecule has 1 unspecified atom stereocenters. The van der Waals surface area contributed by atoms with Crippen LogP contribution >= 0.6 is 11.6 Å². The lowest BCUT2D eigenvalue weighted by Gasteiger charge is -2.24. The summed E-state index contributed by atoms with van der Waals surface area (Å²) in [6.07, 6.45) is 4.13. The van der Waals surface area contributed by atoms with E-state index in [0.29, 0.717) is 25.4 Å². The topological polar surface area (TPSA) is 75.7 Å². The number of likely N-dealkylation sites (tertiary alicyclic amines) is 1. The van der Waals surface area contributed by atoms with E-state index in [-0.39, 0.29) is 15.8 Å². The van der Waals surface area contributed by atoms with Crippen molar-refractivity contribution in [2.45, 2.75) is 50.5 Å². The Morgan fingerprint density at radius 2 is 1.92 bits per heavy atom. The quantitative estimate of drug-likeness (QED) is 0.813. The minimum Gasteiger partial charge on any atom is -0.492 e. The summed E-state index contributed by atoms with van der Waals surface area (Å²) in [7, 11) is -3.84. The summed E-state index contributed by atoms with van der Waals surface area (Å²) in [6, 6.07) is 3.44. The van der Waals surface area contributed by atoms with Gasteiger partial charge in [-0.25, -0.2) is 8.42 Å². The molecular formula is C17H25ClN2O4S. The number of rotatable bonds is 6. The van der Waals surface area contributed by atoms with E-state index in [1.54, 1.807) is 11.8 Å². The molecule has 1 amide bonds. The van der Waals surface area contributed by atoms with Gasteiger partial charge in [0.25, 0.3) is 0 Å². The van der Waals surface area contributed by atoms with Gasteiger partial charge in [-0.3, -0.25) is 4.79 Å². The fraction of sp³-hybridized carbons (Fsp3) is 0.588. The van der Waals surface area contributed by atoms with Crippen LogP contribution in [0.15, 0.2) is 23.1 Å². The van der Waals surface area contributed by atoms with Crippen LogP contribution in [-0.4, -0.2) is 45.0 Å². The summed E-state index contributed by atoms with van der Waals surface area (Å²) >= 11 is 6.06. The predicted molar refractivity (Wildman–Crippen MR) is 97.5 cm³/mol. The monoisotopic (exact) mass is 388 g/mol. The number of sulfonamides is 1. The van der Waals surface area contributed by atoms with Crippen molar-refractivity contribution >= 4 is 27.5 Å². The number of ether oxygens (including phenoxy) is 1. The first-order valence-electron chi connectivity index (χ1n) is 8.58. The summed E-state index contributed by atoms with van der Waals surface area (Å²) < 4.78 is 32.8. The number of nitrogens with one attached hydrogen (secondary N) is 1. The number of hydrogen-bond donors (Lipinski definition) is 1. The van der Waals surface area contributed by atoms with Crippen LogP contribution in [0.5, 0.6) is 5.75 Å². The molecule has 0 spiro atoms. The Bertz CT molecular complexity index is 701. The average molecular weight is 389 g/mol. The molecule has 1 saturated heterocycles. The van der Waals surface area contributed by atoms with E-state index in [1.807, 2.05) is 6.92 Å². The van der Waals surface area contributed by atoms with Crippen molar-refractivity contribution in [1.29, 1.82) is 0 Å². The molecule has 6 nitrogen and oxygen atoms in total. The molecule has 1 fully saturated rings. The lowest BCUT2D eigenvalue weighted by Crippen LogP contribution is -2.47.